The fraction of sp³-hybridized carbons (Fsp3) is 0.389. The van der Waals surface area contributed by atoms with Crippen LogP contribution in [0.4, 0.5) is 4.39 Å². The molecule has 0 N–H and O–H groups in total. The highest BCUT2D eigenvalue weighted by Gasteiger charge is 2.24. The summed E-state index contributed by atoms with van der Waals surface area (Å²) < 4.78 is 15.6. The molecular weight excluding hydrogens is 279 g/mol. The lowest BCUT2D eigenvalue weighted by atomic mass is 10.1. The highest BCUT2D eigenvalue weighted by Crippen LogP contribution is 2.19. The van der Waals surface area contributed by atoms with E-state index in [1.807, 2.05) is 24.3 Å². The van der Waals surface area contributed by atoms with Crippen molar-refractivity contribution in [2.45, 2.75) is 32.9 Å². The van der Waals surface area contributed by atoms with Gasteiger partial charge in [-0.05, 0) is 63.1 Å². The Kier molecular flexibility index (Phi) is 4.01. The van der Waals surface area contributed by atoms with Gasteiger partial charge < -0.3 is 9.47 Å². The van der Waals surface area contributed by atoms with Gasteiger partial charge in [-0.15, -0.1) is 0 Å². The number of aryl methyl sites for hydroxylation is 2. The minimum atomic E-state index is -0.887. The van der Waals surface area contributed by atoms with Gasteiger partial charge >= 0.3 is 0 Å². The van der Waals surface area contributed by atoms with E-state index in [0.717, 1.165) is 23.5 Å². The smallest absolute Gasteiger partial charge is 0.253 e. The summed E-state index contributed by atoms with van der Waals surface area (Å²) in [5.74, 6) is -0.0742. The molecular formula is C18H21FN2O. The molecule has 1 amide bonds. The number of carbonyl (C=O) groups excluding carboxylic acids is 1. The van der Waals surface area contributed by atoms with Gasteiger partial charge in [0, 0.05) is 29.2 Å². The minimum Gasteiger partial charge on any atom is -0.336 e. The summed E-state index contributed by atoms with van der Waals surface area (Å²) in [7, 11) is 0. The number of alkyl halides is 1. The number of nitrogens with zero attached hydrogens (tertiary/aromatic N) is 2. The second kappa shape index (κ2) is 5.95. The lowest BCUT2D eigenvalue weighted by Gasteiger charge is -2.29. The van der Waals surface area contributed by atoms with Crippen LogP contribution in [0.15, 0.2) is 36.4 Å². The van der Waals surface area contributed by atoms with Crippen LogP contribution in [0.25, 0.3) is 5.69 Å². The Bertz CT molecular complexity index is 655. The van der Waals surface area contributed by atoms with E-state index in [9.17, 15) is 9.18 Å². The molecule has 0 radical (unpaired) electrons. The van der Waals surface area contributed by atoms with Gasteiger partial charge in [-0.25, -0.2) is 4.39 Å². The number of halogens is 1. The van der Waals surface area contributed by atoms with Crippen LogP contribution >= 0.6 is 0 Å². The second-order valence-corrected chi connectivity index (χ2v) is 5.99. The van der Waals surface area contributed by atoms with Crippen LogP contribution in [0.2, 0.25) is 0 Å². The molecule has 4 heteroatoms. The van der Waals surface area contributed by atoms with E-state index >= 15 is 0 Å². The zero-order chi connectivity index (χ0) is 15.7. The highest BCUT2D eigenvalue weighted by atomic mass is 19.1. The Morgan fingerprint density at radius 1 is 1.09 bits per heavy atom. The Morgan fingerprint density at radius 2 is 1.73 bits per heavy atom. The number of carbonyl (C=O) groups is 1. The molecule has 1 aromatic carbocycles. The predicted molar refractivity (Wildman–Crippen MR) is 85.3 cm³/mol. The number of likely N-dealkylation sites (tertiary alicyclic amines) is 1. The average Bonchev–Trinajstić information content (AvgIpc) is 2.86. The van der Waals surface area contributed by atoms with Crippen LogP contribution in [0.1, 0.15) is 34.6 Å². The van der Waals surface area contributed by atoms with Crippen LogP contribution in [0.5, 0.6) is 0 Å². The molecule has 1 aliphatic rings. The van der Waals surface area contributed by atoms with Crippen molar-refractivity contribution in [3.8, 4) is 5.69 Å². The van der Waals surface area contributed by atoms with Gasteiger partial charge in [0.1, 0.15) is 6.17 Å². The summed E-state index contributed by atoms with van der Waals surface area (Å²) in [5.41, 5.74) is 3.99. The second-order valence-electron chi connectivity index (χ2n) is 5.99. The van der Waals surface area contributed by atoms with Crippen LogP contribution in [0.3, 0.4) is 0 Å². The molecule has 3 rings (SSSR count). The third-order valence-electron chi connectivity index (χ3n) is 4.29. The first-order valence-corrected chi connectivity index (χ1v) is 7.75. The molecule has 1 fully saturated rings. The van der Waals surface area contributed by atoms with E-state index in [0.29, 0.717) is 18.5 Å². The molecule has 1 saturated heterocycles. The predicted octanol–water partition coefficient (Wildman–Crippen LogP) is 3.67. The SMILES string of the molecule is Cc1ccc(C)n1-c1ccc(C(=O)N2CCCC(F)C2)cc1. The molecule has 3 nitrogen and oxygen atoms in total. The van der Waals surface area contributed by atoms with Gasteiger partial charge in [0.2, 0.25) is 0 Å². The first-order valence-electron chi connectivity index (χ1n) is 7.75. The quantitative estimate of drug-likeness (QED) is 0.831. The van der Waals surface area contributed by atoms with E-state index < -0.39 is 6.17 Å². The Hall–Kier alpha value is -2.10. The minimum absolute atomic E-state index is 0.0742. The van der Waals surface area contributed by atoms with Crippen molar-refractivity contribution >= 4 is 5.91 Å². The monoisotopic (exact) mass is 300 g/mol. The van der Waals surface area contributed by atoms with Gasteiger partial charge in [0.15, 0.2) is 0 Å². The van der Waals surface area contributed by atoms with Gasteiger partial charge in [0.25, 0.3) is 5.91 Å². The number of rotatable bonds is 2. The van der Waals surface area contributed by atoms with Crippen LogP contribution in [0, 0.1) is 13.8 Å². The van der Waals surface area contributed by atoms with Crippen molar-refractivity contribution in [2.75, 3.05) is 13.1 Å². The highest BCUT2D eigenvalue weighted by molar-refractivity contribution is 5.94. The summed E-state index contributed by atoms with van der Waals surface area (Å²) in [6, 6.07) is 11.7. The Labute approximate surface area is 130 Å². The molecule has 0 saturated carbocycles. The maximum atomic E-state index is 13.5. The molecule has 2 aromatic rings. The fourth-order valence-electron chi connectivity index (χ4n) is 3.12. The number of hydrogen-bond acceptors (Lipinski definition) is 1. The summed E-state index contributed by atoms with van der Waals surface area (Å²) in [6.45, 7) is 4.98. The first-order chi connectivity index (χ1) is 10.6. The normalized spacial score (nSPS) is 18.5. The molecule has 2 heterocycles. The third-order valence-corrected chi connectivity index (χ3v) is 4.29. The van der Waals surface area contributed by atoms with Gasteiger partial charge in [-0.2, -0.15) is 0 Å². The van der Waals surface area contributed by atoms with Crippen molar-refractivity contribution in [2.24, 2.45) is 0 Å². The largest absolute Gasteiger partial charge is 0.336 e. The molecule has 1 unspecified atom stereocenters. The molecule has 1 atom stereocenters. The van der Waals surface area contributed by atoms with E-state index in [1.165, 1.54) is 0 Å². The standard InChI is InChI=1S/C18H21FN2O/c1-13-5-6-14(2)21(13)17-9-7-15(8-10-17)18(22)20-11-3-4-16(19)12-20/h5-10,16H,3-4,11-12H2,1-2H3. The van der Waals surface area contributed by atoms with E-state index in [-0.39, 0.29) is 12.5 Å². The van der Waals surface area contributed by atoms with Crippen LogP contribution in [-0.4, -0.2) is 34.6 Å². The van der Waals surface area contributed by atoms with E-state index in [2.05, 4.69) is 30.5 Å². The molecule has 0 aliphatic carbocycles. The summed E-state index contributed by atoms with van der Waals surface area (Å²) in [4.78, 5) is 14.0. The van der Waals surface area contributed by atoms with Crippen LogP contribution < -0.4 is 0 Å². The summed E-state index contributed by atoms with van der Waals surface area (Å²) >= 11 is 0. The molecule has 22 heavy (non-hydrogen) atoms. The Balaban J connectivity index is 1.81. The maximum absolute atomic E-state index is 13.5. The summed E-state index contributed by atoms with van der Waals surface area (Å²) in [6.07, 6.45) is 0.420. The lowest BCUT2D eigenvalue weighted by molar-refractivity contribution is 0.0636. The first kappa shape index (κ1) is 14.8. The van der Waals surface area contributed by atoms with Crippen molar-refractivity contribution in [1.82, 2.24) is 9.47 Å². The fourth-order valence-corrected chi connectivity index (χ4v) is 3.12. The third kappa shape index (κ3) is 2.78. The molecule has 1 aliphatic heterocycles. The molecule has 0 bridgehead atoms. The Morgan fingerprint density at radius 3 is 2.32 bits per heavy atom. The average molecular weight is 300 g/mol. The number of piperidine rings is 1. The van der Waals surface area contributed by atoms with E-state index in [4.69, 9.17) is 0 Å². The van der Waals surface area contributed by atoms with Gasteiger partial charge in [-0.3, -0.25) is 4.79 Å². The number of benzene rings is 1. The zero-order valence-electron chi connectivity index (χ0n) is 13.1. The molecule has 1 aromatic heterocycles. The number of hydrogen-bond donors (Lipinski definition) is 0. The zero-order valence-corrected chi connectivity index (χ0v) is 13.1. The van der Waals surface area contributed by atoms with Crippen molar-refractivity contribution in [3.63, 3.8) is 0 Å². The molecule has 116 valence electrons. The number of aromatic nitrogens is 1. The van der Waals surface area contributed by atoms with Crippen LogP contribution in [-0.2, 0) is 0 Å². The lowest BCUT2D eigenvalue weighted by Crippen LogP contribution is -2.40. The van der Waals surface area contributed by atoms with Gasteiger partial charge in [-0.1, -0.05) is 0 Å². The topological polar surface area (TPSA) is 25.2 Å². The van der Waals surface area contributed by atoms with Gasteiger partial charge in [0.05, 0.1) is 6.54 Å². The van der Waals surface area contributed by atoms with Crippen molar-refractivity contribution < 1.29 is 9.18 Å². The maximum Gasteiger partial charge on any atom is 0.253 e. The van der Waals surface area contributed by atoms with Crippen molar-refractivity contribution in [1.29, 1.82) is 0 Å². The molecule has 0 spiro atoms. The summed E-state index contributed by atoms with van der Waals surface area (Å²) in [5, 5.41) is 0. The van der Waals surface area contributed by atoms with E-state index in [1.54, 1.807) is 4.90 Å². The van der Waals surface area contributed by atoms with Crippen molar-refractivity contribution in [3.05, 3.63) is 53.3 Å². The number of amides is 1.